The van der Waals surface area contributed by atoms with Crippen LogP contribution in [0.15, 0.2) is 248 Å². The molecule has 0 fully saturated rings. The number of aryl methyl sites for hydroxylation is 22. The predicted octanol–water partition coefficient (Wildman–Crippen LogP) is 15.5. The average molecular weight is 1920 g/mol. The number of aromatic amines is 5. The number of H-pyrrole nitrogens is 5. The molecule has 0 radical (unpaired) electrons. The summed E-state index contributed by atoms with van der Waals surface area (Å²) in [6, 6.07) is 68.2. The van der Waals surface area contributed by atoms with E-state index in [1.807, 2.05) is 167 Å². The summed E-state index contributed by atoms with van der Waals surface area (Å²) in [6.07, 6.45) is 6.71. The largest absolute Gasteiger partial charge is 0.391 e. The molecule has 11 aromatic carbocycles. The van der Waals surface area contributed by atoms with Crippen LogP contribution in [0.2, 0.25) is 0 Å². The maximum atomic E-state index is 12.4. The van der Waals surface area contributed by atoms with Crippen molar-refractivity contribution >= 4 is 65.9 Å². The highest BCUT2D eigenvalue weighted by Gasteiger charge is 2.27. The minimum absolute atomic E-state index is 0.0860. The Bertz CT molecular complexity index is 8800. The second kappa shape index (κ2) is 42.2. The number of hydrogen-bond donors (Lipinski definition) is 6. The van der Waals surface area contributed by atoms with Gasteiger partial charge in [0.1, 0.15) is 0 Å². The summed E-state index contributed by atoms with van der Waals surface area (Å²) in [6.45, 7) is 31.2. The van der Waals surface area contributed by atoms with Crippen molar-refractivity contribution in [3.8, 4) is 57.6 Å². The van der Waals surface area contributed by atoms with Gasteiger partial charge in [-0.05, 0) is 303 Å². The van der Waals surface area contributed by atoms with E-state index in [2.05, 4.69) is 223 Å². The van der Waals surface area contributed by atoms with Crippen LogP contribution in [-0.2, 0) is 64.8 Å². The molecule has 21 rings (SSSR count). The Morgan fingerprint density at radius 1 is 0.243 bits per heavy atom. The van der Waals surface area contributed by atoms with Gasteiger partial charge in [0.05, 0.1) is 67.8 Å². The molecular weight excluding hydrogens is 1810 g/mol. The number of aliphatic hydroxyl groups excluding tert-OH is 1. The van der Waals surface area contributed by atoms with Crippen molar-refractivity contribution in [2.45, 2.75) is 194 Å². The second-order valence-corrected chi connectivity index (χ2v) is 37.5. The lowest BCUT2D eigenvalue weighted by molar-refractivity contribution is 0.155. The molecule has 10 aliphatic rings. The summed E-state index contributed by atoms with van der Waals surface area (Å²) in [7, 11) is 0. The van der Waals surface area contributed by atoms with E-state index in [0.29, 0.717) is 61.4 Å². The van der Waals surface area contributed by atoms with Gasteiger partial charge in [0.2, 0.25) is 0 Å². The molecule has 0 aromatic heterocycles. The van der Waals surface area contributed by atoms with Crippen molar-refractivity contribution in [2.75, 3.05) is 0 Å². The van der Waals surface area contributed by atoms with Crippen LogP contribution in [0.4, 0.5) is 0 Å². The molecule has 0 saturated heterocycles. The Morgan fingerprint density at radius 2 is 0.500 bits per heavy atom. The fourth-order valence-electron chi connectivity index (χ4n) is 18.1. The molecule has 1 atom stereocenters. The Hall–Kier alpha value is -17.0. The number of aromatic nitrogens is 20. The van der Waals surface area contributed by atoms with Gasteiger partial charge < -0.3 is 27.9 Å². The van der Waals surface area contributed by atoms with Crippen molar-refractivity contribution in [3.05, 3.63) is 410 Å². The molecule has 31 heteroatoms. The third kappa shape index (κ3) is 22.1. The van der Waals surface area contributed by atoms with Gasteiger partial charge in [-0.3, -0.25) is 48.9 Å². The van der Waals surface area contributed by atoms with Crippen LogP contribution in [0.5, 0.6) is 0 Å². The highest BCUT2D eigenvalue weighted by Crippen LogP contribution is 2.32. The number of nitrogens with one attached hydrogen (secondary N) is 5. The first-order chi connectivity index (χ1) is 69.1. The van der Waals surface area contributed by atoms with Gasteiger partial charge >= 0.3 is 28.4 Å². The van der Waals surface area contributed by atoms with Gasteiger partial charge in [0.25, 0.3) is 27.8 Å². The molecule has 10 aliphatic heterocycles. The molecule has 144 heavy (non-hydrogen) atoms. The highest BCUT2D eigenvalue weighted by molar-refractivity contribution is 5.86. The molecule has 0 aliphatic carbocycles. The van der Waals surface area contributed by atoms with Gasteiger partial charge in [-0.2, -0.15) is 24.9 Å². The molecule has 0 amide bonds. The van der Waals surface area contributed by atoms with Gasteiger partial charge in [0.15, 0.2) is 57.6 Å². The Balaban J connectivity index is 0.000000124. The van der Waals surface area contributed by atoms with E-state index in [0.717, 1.165) is 168 Å². The van der Waals surface area contributed by atoms with E-state index in [4.69, 9.17) is 0 Å². The van der Waals surface area contributed by atoms with Gasteiger partial charge in [-0.15, -0.1) is 0 Å². The zero-order valence-corrected chi connectivity index (χ0v) is 82.8. The van der Waals surface area contributed by atoms with Crippen LogP contribution in [0.25, 0.3) is 124 Å². The third-order valence-corrected chi connectivity index (χ3v) is 26.6. The normalized spacial score (nSPS) is 11.7. The molecule has 11 aromatic rings. The molecule has 31 nitrogen and oxygen atoms in total. The smallest absolute Gasteiger partial charge is 0.349 e. The van der Waals surface area contributed by atoms with E-state index in [1.54, 1.807) is 4.57 Å². The predicted molar refractivity (Wildman–Crippen MR) is 564 cm³/mol. The summed E-state index contributed by atoms with van der Waals surface area (Å²) in [5.41, 5.74) is 24.8. The summed E-state index contributed by atoms with van der Waals surface area (Å²) in [5, 5.41) is 13.2. The first-order valence-electron chi connectivity index (χ1n) is 48.0. The first-order valence-corrected chi connectivity index (χ1v) is 48.0. The van der Waals surface area contributed by atoms with Crippen LogP contribution in [-0.4, -0.2) is 109 Å². The molecule has 10 heterocycles. The van der Waals surface area contributed by atoms with E-state index in [9.17, 15) is 53.1 Å². The maximum absolute atomic E-state index is 12.4. The Morgan fingerprint density at radius 3 is 0.806 bits per heavy atom. The second-order valence-electron chi connectivity index (χ2n) is 37.5. The number of rotatable bonds is 20. The minimum Gasteiger partial charge on any atom is -0.391 e. The van der Waals surface area contributed by atoms with E-state index < -0.39 is 62.3 Å². The summed E-state index contributed by atoms with van der Waals surface area (Å²) < 4.78 is 9.54. The number of aliphatic hydroxyl groups is 1. The zero-order chi connectivity index (χ0) is 102. The summed E-state index contributed by atoms with van der Waals surface area (Å²) >= 11 is 0. The van der Waals surface area contributed by atoms with Crippen LogP contribution < -0.4 is 56.2 Å². The molecule has 0 spiro atoms. The monoisotopic (exact) mass is 1920 g/mol. The van der Waals surface area contributed by atoms with Crippen molar-refractivity contribution in [1.82, 2.24) is 97.6 Å². The molecule has 0 saturated carbocycles. The Kier molecular flexibility index (Phi) is 28.9. The van der Waals surface area contributed by atoms with Gasteiger partial charge in [0, 0.05) is 32.6 Å². The Labute approximate surface area is 825 Å². The molecule has 1 unspecified atom stereocenters. The summed E-state index contributed by atoms with van der Waals surface area (Å²) in [4.78, 5) is 175. The average Bonchev–Trinajstić information content (AvgIpc) is 0.768. The van der Waals surface area contributed by atoms with E-state index in [1.165, 1.54) is 49.7 Å². The number of benzene rings is 11. The molecule has 728 valence electrons. The minimum atomic E-state index is -0.728. The fourth-order valence-corrected chi connectivity index (χ4v) is 18.1. The lowest BCUT2D eigenvalue weighted by Gasteiger charge is -2.20. The van der Waals surface area contributed by atoms with Crippen LogP contribution in [0.3, 0.4) is 0 Å². The molecular formula is C113H110N20O11. The van der Waals surface area contributed by atoms with Gasteiger partial charge in [-0.1, -0.05) is 162 Å². The lowest BCUT2D eigenvalue weighted by Crippen LogP contribution is -2.30. The quantitative estimate of drug-likeness (QED) is 0.0386. The van der Waals surface area contributed by atoms with Crippen molar-refractivity contribution in [3.63, 3.8) is 0 Å². The van der Waals surface area contributed by atoms with Crippen molar-refractivity contribution in [2.24, 2.45) is 0 Å². The van der Waals surface area contributed by atoms with E-state index in [-0.39, 0.29) is 40.8 Å². The number of hydrogen-bond acceptors (Lipinski definition) is 21. The third-order valence-electron chi connectivity index (χ3n) is 26.6. The van der Waals surface area contributed by atoms with Crippen molar-refractivity contribution < 1.29 is 5.11 Å². The topological polar surface area (TPSA) is 423 Å². The maximum Gasteiger partial charge on any atom is 0.349 e. The molecule has 0 bridgehead atoms. The first kappa shape index (κ1) is 98.6. The zero-order valence-electron chi connectivity index (χ0n) is 82.8. The number of fused-ring (bicyclic) bond motifs is 11. The standard InChI is InChI=1S/C25H22N4O2.C22H22N4O3.3C22H22N4O2/c1-15-12-20-21(13-16(15)2)29(23-22(26-20)24(30)28-25(31)27-23)11-5-6-17-9-10-18-7-3-4-8-19(18)14-17;1-12-4-6-15(7-5-12)10-16(27)11-26-18-9-14(3)13(2)8-17(18)23-19-20(26)24-22(29)25-21(19)28;1-13-6-4-7-16(10-13)8-5-9-26-18-12-15(3)14(2)11-17(18)23-19-20(26)24-22(28)25-21(19)27;2*1-13-6-8-16(9-7-13)5-4-10-26-18-12-15(3)14(2)11-17(18)23-19-20(26)24-22(28)25-21(19)27/h3-4,7-10,12-14H,5-6,11H2,1-2H3,(H,28,30,31);4-9,16,27H,10-11H2,1-3H3,(H,25,28,29);4,6-7,10-12H,5,8-9H2,1-3H3,(H,25,27,28);2*6-9,11-12H,4-5,10H2,1-3H3,(H,25,27,28). The fraction of sp³-hybridized carbons (Fsp3) is 0.257. The lowest BCUT2D eigenvalue weighted by atomic mass is 10.0. The molecule has 6 N–H and O–H groups in total. The van der Waals surface area contributed by atoms with Gasteiger partial charge in [-0.25, -0.2) is 48.9 Å². The van der Waals surface area contributed by atoms with Crippen LogP contribution in [0.1, 0.15) is 131 Å². The van der Waals surface area contributed by atoms with Crippen molar-refractivity contribution in [1.29, 1.82) is 0 Å². The summed E-state index contributed by atoms with van der Waals surface area (Å²) in [5.74, 6) is 1.54. The SMILES string of the molecule is Cc1cc2nc3c(=O)[nH]c(=O)nc-3n(CCCc3ccc4ccccc4c3)c2cc1C.Cc1ccc(CC(O)Cn2c3nc(=O)[nH]c(=O)c-3nc3cc(C)c(C)cc32)cc1.Cc1ccc(CCCn2c3nc(=O)[nH]c(=O)c-3nc3cc(C)c(C)cc32)cc1.Cc1ccc(CCCn2c3nc(=O)[nH]c(=O)c-3nc3cc(C)c(C)cc32)cc1.Cc1cccc(CCCn2c3nc(=O)[nH]c(=O)c-3nc3cc(C)c(C)cc32)c1. The van der Waals surface area contributed by atoms with E-state index >= 15 is 0 Å². The van der Waals surface area contributed by atoms with Crippen LogP contribution >= 0.6 is 0 Å². The number of nitrogens with zero attached hydrogens (tertiary/aromatic N) is 15. The van der Waals surface area contributed by atoms with Crippen LogP contribution in [0, 0.1) is 96.9 Å². The highest BCUT2D eigenvalue weighted by atomic mass is 16.3.